The van der Waals surface area contributed by atoms with Gasteiger partial charge in [0.15, 0.2) is 0 Å². The van der Waals surface area contributed by atoms with Gasteiger partial charge >= 0.3 is 0 Å². The van der Waals surface area contributed by atoms with Gasteiger partial charge in [0.1, 0.15) is 0 Å². The minimum absolute atomic E-state index is 0.0918. The number of aryl methyl sites for hydroxylation is 3. The van der Waals surface area contributed by atoms with E-state index in [1.54, 1.807) is 4.68 Å². The zero-order valence-electron chi connectivity index (χ0n) is 10.5. The first-order valence-corrected chi connectivity index (χ1v) is 5.74. The van der Waals surface area contributed by atoms with Crippen molar-refractivity contribution in [3.8, 4) is 0 Å². The Balaban J connectivity index is 2.12. The number of hydrogen-bond acceptors (Lipinski definition) is 3. The lowest BCUT2D eigenvalue weighted by Crippen LogP contribution is -2.14. The average molecular weight is 230 g/mol. The van der Waals surface area contributed by atoms with Crippen LogP contribution in [-0.4, -0.2) is 15.0 Å². The van der Waals surface area contributed by atoms with Crippen molar-refractivity contribution in [2.75, 3.05) is 0 Å². The Kier molecular flexibility index (Phi) is 3.24. The van der Waals surface area contributed by atoms with Crippen LogP contribution in [0.25, 0.3) is 0 Å². The number of hydrogen-bond donors (Lipinski definition) is 1. The van der Waals surface area contributed by atoms with Gasteiger partial charge in [0.2, 0.25) is 0 Å². The fourth-order valence-electron chi connectivity index (χ4n) is 1.82. The van der Waals surface area contributed by atoms with Crippen molar-refractivity contribution < 1.29 is 0 Å². The topological polar surface area (TPSA) is 56.7 Å². The van der Waals surface area contributed by atoms with Crippen molar-refractivity contribution in [3.05, 3.63) is 46.8 Å². The number of benzene rings is 1. The number of nitrogens with zero attached hydrogens (tertiary/aromatic N) is 3. The van der Waals surface area contributed by atoms with Crippen LogP contribution in [0.1, 0.15) is 28.4 Å². The molecule has 1 aromatic carbocycles. The summed E-state index contributed by atoms with van der Waals surface area (Å²) in [6.45, 7) is 4.23. The number of aromatic nitrogens is 3. The number of nitrogens with two attached hydrogens (primary N) is 1. The van der Waals surface area contributed by atoms with Gasteiger partial charge in [0.05, 0.1) is 11.7 Å². The van der Waals surface area contributed by atoms with E-state index in [1.807, 2.05) is 13.2 Å². The fourth-order valence-corrected chi connectivity index (χ4v) is 1.82. The summed E-state index contributed by atoms with van der Waals surface area (Å²) in [5.41, 5.74) is 10.8. The average Bonchev–Trinajstić information content (AvgIpc) is 2.70. The second-order valence-corrected chi connectivity index (χ2v) is 4.55. The Labute approximate surface area is 101 Å². The predicted octanol–water partition coefficient (Wildman–Crippen LogP) is 1.67. The van der Waals surface area contributed by atoms with Crippen molar-refractivity contribution in [3.63, 3.8) is 0 Å². The molecule has 1 heterocycles. The molecule has 0 saturated carbocycles. The van der Waals surface area contributed by atoms with E-state index in [2.05, 4.69) is 42.4 Å². The SMILES string of the molecule is Cc1ccc(CC(N)c2cn(C)nn2)cc1C. The van der Waals surface area contributed by atoms with Crippen LogP contribution in [-0.2, 0) is 13.5 Å². The molecule has 0 amide bonds. The van der Waals surface area contributed by atoms with Crippen LogP contribution in [0.2, 0.25) is 0 Å². The van der Waals surface area contributed by atoms with E-state index in [0.29, 0.717) is 0 Å². The van der Waals surface area contributed by atoms with Gasteiger partial charge in [-0.05, 0) is 37.0 Å². The molecule has 0 aliphatic rings. The lowest BCUT2D eigenvalue weighted by molar-refractivity contribution is 0.683. The minimum Gasteiger partial charge on any atom is -0.322 e. The first-order valence-electron chi connectivity index (χ1n) is 5.74. The van der Waals surface area contributed by atoms with Crippen LogP contribution in [0.5, 0.6) is 0 Å². The first-order chi connectivity index (χ1) is 8.06. The Bertz CT molecular complexity index is 516. The van der Waals surface area contributed by atoms with Gasteiger partial charge in [-0.1, -0.05) is 23.4 Å². The molecule has 2 rings (SSSR count). The maximum atomic E-state index is 6.11. The van der Waals surface area contributed by atoms with Gasteiger partial charge in [0, 0.05) is 13.2 Å². The summed E-state index contributed by atoms with van der Waals surface area (Å²) in [5.74, 6) is 0. The summed E-state index contributed by atoms with van der Waals surface area (Å²) in [7, 11) is 1.85. The molecule has 0 fully saturated rings. The highest BCUT2D eigenvalue weighted by Gasteiger charge is 2.11. The third kappa shape index (κ3) is 2.71. The van der Waals surface area contributed by atoms with E-state index in [4.69, 9.17) is 5.73 Å². The fraction of sp³-hybridized carbons (Fsp3) is 0.385. The molecule has 90 valence electrons. The van der Waals surface area contributed by atoms with Crippen molar-refractivity contribution >= 4 is 0 Å². The molecule has 0 aliphatic heterocycles. The molecule has 4 heteroatoms. The molecule has 17 heavy (non-hydrogen) atoms. The summed E-state index contributed by atoms with van der Waals surface area (Å²) in [6.07, 6.45) is 2.66. The van der Waals surface area contributed by atoms with Gasteiger partial charge in [-0.15, -0.1) is 5.10 Å². The second kappa shape index (κ2) is 4.67. The molecule has 0 aliphatic carbocycles. The normalized spacial score (nSPS) is 12.7. The molecule has 2 aromatic rings. The molecule has 0 radical (unpaired) electrons. The zero-order valence-corrected chi connectivity index (χ0v) is 10.5. The molecule has 2 N–H and O–H groups in total. The minimum atomic E-state index is -0.0918. The van der Waals surface area contributed by atoms with Gasteiger partial charge in [0.25, 0.3) is 0 Å². The quantitative estimate of drug-likeness (QED) is 0.872. The lowest BCUT2D eigenvalue weighted by atomic mass is 10.0. The Morgan fingerprint density at radius 2 is 2.06 bits per heavy atom. The third-order valence-corrected chi connectivity index (χ3v) is 3.03. The van der Waals surface area contributed by atoms with Crippen molar-refractivity contribution in [1.29, 1.82) is 0 Å². The molecule has 1 unspecified atom stereocenters. The third-order valence-electron chi connectivity index (χ3n) is 3.03. The largest absolute Gasteiger partial charge is 0.322 e. The van der Waals surface area contributed by atoms with Crippen LogP contribution >= 0.6 is 0 Å². The summed E-state index contributed by atoms with van der Waals surface area (Å²) < 4.78 is 1.68. The monoisotopic (exact) mass is 230 g/mol. The molecule has 0 bridgehead atoms. The first kappa shape index (κ1) is 11.8. The zero-order chi connectivity index (χ0) is 12.4. The smallest absolute Gasteiger partial charge is 0.0997 e. The summed E-state index contributed by atoms with van der Waals surface area (Å²) in [6, 6.07) is 6.35. The highest BCUT2D eigenvalue weighted by molar-refractivity contribution is 5.30. The van der Waals surface area contributed by atoms with E-state index < -0.39 is 0 Å². The van der Waals surface area contributed by atoms with Crippen molar-refractivity contribution in [2.45, 2.75) is 26.3 Å². The van der Waals surface area contributed by atoms with Gasteiger partial charge in [-0.25, -0.2) is 0 Å². The van der Waals surface area contributed by atoms with E-state index in [9.17, 15) is 0 Å². The molecule has 1 atom stereocenters. The summed E-state index contributed by atoms with van der Waals surface area (Å²) in [5, 5.41) is 7.94. The van der Waals surface area contributed by atoms with Gasteiger partial charge < -0.3 is 5.73 Å². The summed E-state index contributed by atoms with van der Waals surface area (Å²) >= 11 is 0. The highest BCUT2D eigenvalue weighted by Crippen LogP contribution is 2.16. The molecular weight excluding hydrogens is 212 g/mol. The van der Waals surface area contributed by atoms with Crippen LogP contribution in [0.15, 0.2) is 24.4 Å². The van der Waals surface area contributed by atoms with Crippen LogP contribution in [0, 0.1) is 13.8 Å². The maximum Gasteiger partial charge on any atom is 0.0997 e. The molecule has 4 nitrogen and oxygen atoms in total. The van der Waals surface area contributed by atoms with Crippen LogP contribution < -0.4 is 5.73 Å². The molecule has 1 aromatic heterocycles. The Morgan fingerprint density at radius 3 is 2.65 bits per heavy atom. The molecular formula is C13H18N4. The Morgan fingerprint density at radius 1 is 1.29 bits per heavy atom. The van der Waals surface area contributed by atoms with E-state index in [1.165, 1.54) is 16.7 Å². The second-order valence-electron chi connectivity index (χ2n) is 4.55. The van der Waals surface area contributed by atoms with E-state index in [-0.39, 0.29) is 6.04 Å². The summed E-state index contributed by atoms with van der Waals surface area (Å²) in [4.78, 5) is 0. The predicted molar refractivity (Wildman–Crippen MR) is 67.6 cm³/mol. The molecule has 0 saturated heterocycles. The highest BCUT2D eigenvalue weighted by atomic mass is 15.4. The standard InChI is InChI=1S/C13H18N4/c1-9-4-5-11(6-10(9)2)7-12(14)13-8-17(3)16-15-13/h4-6,8,12H,7,14H2,1-3H3. The van der Waals surface area contributed by atoms with Crippen molar-refractivity contribution in [1.82, 2.24) is 15.0 Å². The van der Waals surface area contributed by atoms with Crippen LogP contribution in [0.4, 0.5) is 0 Å². The van der Waals surface area contributed by atoms with E-state index in [0.717, 1.165) is 12.1 Å². The number of rotatable bonds is 3. The maximum absolute atomic E-state index is 6.11. The van der Waals surface area contributed by atoms with Gasteiger partial charge in [-0.2, -0.15) is 0 Å². The van der Waals surface area contributed by atoms with Crippen LogP contribution in [0.3, 0.4) is 0 Å². The molecule has 0 spiro atoms. The van der Waals surface area contributed by atoms with Gasteiger partial charge in [-0.3, -0.25) is 4.68 Å². The van der Waals surface area contributed by atoms with E-state index >= 15 is 0 Å². The van der Waals surface area contributed by atoms with Crippen molar-refractivity contribution in [2.24, 2.45) is 12.8 Å². The Hall–Kier alpha value is -1.68. The lowest BCUT2D eigenvalue weighted by Gasteiger charge is -2.09.